The Morgan fingerprint density at radius 2 is 1.72 bits per heavy atom. The van der Waals surface area contributed by atoms with Gasteiger partial charge in [-0.2, -0.15) is 0 Å². The first-order valence-corrected chi connectivity index (χ1v) is 10.1. The lowest BCUT2D eigenvalue weighted by molar-refractivity contribution is 0.297. The van der Waals surface area contributed by atoms with Gasteiger partial charge < -0.3 is 9.30 Å². The van der Waals surface area contributed by atoms with Gasteiger partial charge in [-0.05, 0) is 66.9 Å². The summed E-state index contributed by atoms with van der Waals surface area (Å²) in [6.45, 7) is 5.49. The lowest BCUT2D eigenvalue weighted by atomic mass is 10.1. The first-order valence-electron chi connectivity index (χ1n) is 9.70. The summed E-state index contributed by atoms with van der Waals surface area (Å²) in [6.07, 6.45) is 4.10. The molecule has 0 amide bonds. The number of para-hydroxylation sites is 2. The van der Waals surface area contributed by atoms with Gasteiger partial charge in [-0.1, -0.05) is 54.1 Å². The largest absolute Gasteiger partial charge is 0.491 e. The zero-order chi connectivity index (χ0) is 20.2. The number of hydrogen-bond donors (Lipinski definition) is 0. The number of ether oxygens (including phenoxy) is 1. The number of hydrogen-bond acceptors (Lipinski definition) is 2. The van der Waals surface area contributed by atoms with Gasteiger partial charge in [-0.25, -0.2) is 4.98 Å². The van der Waals surface area contributed by atoms with Gasteiger partial charge in [0.05, 0.1) is 17.6 Å². The maximum atomic E-state index is 6.08. The van der Waals surface area contributed by atoms with Crippen LogP contribution in [0.1, 0.15) is 22.5 Å². The number of aromatic nitrogens is 2. The Morgan fingerprint density at radius 1 is 0.931 bits per heavy atom. The third-order valence-corrected chi connectivity index (χ3v) is 5.36. The monoisotopic (exact) mass is 402 g/mol. The number of nitrogens with zero attached hydrogens (tertiary/aromatic N) is 2. The van der Waals surface area contributed by atoms with E-state index in [1.807, 2.05) is 60.7 Å². The minimum atomic E-state index is 0.576. The molecule has 4 rings (SSSR count). The van der Waals surface area contributed by atoms with Gasteiger partial charge in [-0.15, -0.1) is 0 Å². The van der Waals surface area contributed by atoms with Gasteiger partial charge >= 0.3 is 0 Å². The lowest BCUT2D eigenvalue weighted by Gasteiger charge is -2.12. The molecule has 0 N–H and O–H groups in total. The van der Waals surface area contributed by atoms with E-state index in [1.54, 1.807) is 0 Å². The van der Waals surface area contributed by atoms with Crippen LogP contribution in [0.4, 0.5) is 0 Å². The number of benzene rings is 3. The number of imidazole rings is 1. The van der Waals surface area contributed by atoms with Gasteiger partial charge in [-0.3, -0.25) is 0 Å². The molecule has 3 nitrogen and oxygen atoms in total. The van der Waals surface area contributed by atoms with Crippen LogP contribution in [0.3, 0.4) is 0 Å². The highest BCUT2D eigenvalue weighted by atomic mass is 35.5. The zero-order valence-corrected chi connectivity index (χ0v) is 17.4. The van der Waals surface area contributed by atoms with Crippen LogP contribution in [0.15, 0.2) is 66.7 Å². The summed E-state index contributed by atoms with van der Waals surface area (Å²) in [5.74, 6) is 1.85. The van der Waals surface area contributed by atoms with Crippen molar-refractivity contribution in [1.82, 2.24) is 9.55 Å². The molecule has 0 radical (unpaired) electrons. The molecule has 0 saturated heterocycles. The molecule has 0 aliphatic heterocycles. The van der Waals surface area contributed by atoms with Gasteiger partial charge in [0.1, 0.15) is 18.2 Å². The number of aryl methyl sites for hydroxylation is 1. The van der Waals surface area contributed by atoms with E-state index in [9.17, 15) is 0 Å². The molecule has 146 valence electrons. The molecule has 0 aliphatic carbocycles. The van der Waals surface area contributed by atoms with E-state index in [2.05, 4.69) is 36.6 Å². The number of halogens is 1. The maximum absolute atomic E-state index is 6.08. The van der Waals surface area contributed by atoms with Crippen LogP contribution in [0.2, 0.25) is 5.02 Å². The van der Waals surface area contributed by atoms with E-state index in [0.29, 0.717) is 13.2 Å². The van der Waals surface area contributed by atoms with E-state index in [0.717, 1.165) is 33.2 Å². The van der Waals surface area contributed by atoms with E-state index < -0.39 is 0 Å². The van der Waals surface area contributed by atoms with Crippen LogP contribution in [0.5, 0.6) is 5.75 Å². The van der Waals surface area contributed by atoms with Gasteiger partial charge in [0.15, 0.2) is 0 Å². The first kappa shape index (κ1) is 19.3. The first-order chi connectivity index (χ1) is 14.1. The molecule has 0 atom stereocenters. The van der Waals surface area contributed by atoms with E-state index in [-0.39, 0.29) is 0 Å². The fraction of sp³-hybridized carbons (Fsp3) is 0.160. The van der Waals surface area contributed by atoms with Crippen molar-refractivity contribution >= 4 is 34.8 Å². The molecule has 0 spiro atoms. The fourth-order valence-corrected chi connectivity index (χ4v) is 3.45. The summed E-state index contributed by atoms with van der Waals surface area (Å²) < 4.78 is 8.28. The highest BCUT2D eigenvalue weighted by Crippen LogP contribution is 2.22. The van der Waals surface area contributed by atoms with Crippen LogP contribution >= 0.6 is 11.6 Å². The van der Waals surface area contributed by atoms with Crippen LogP contribution in [0, 0.1) is 13.8 Å². The minimum Gasteiger partial charge on any atom is -0.491 e. The second kappa shape index (κ2) is 8.54. The minimum absolute atomic E-state index is 0.576. The third kappa shape index (κ3) is 4.36. The molecule has 0 saturated carbocycles. The fourth-order valence-electron chi connectivity index (χ4n) is 3.33. The Labute approximate surface area is 176 Å². The molecule has 0 aliphatic rings. The Hall–Kier alpha value is -3.04. The molecule has 4 heteroatoms. The normalized spacial score (nSPS) is 11.4. The summed E-state index contributed by atoms with van der Waals surface area (Å²) in [5, 5.41) is 0.734. The molecular weight excluding hydrogens is 380 g/mol. The highest BCUT2D eigenvalue weighted by molar-refractivity contribution is 6.30. The van der Waals surface area contributed by atoms with Gasteiger partial charge in [0.2, 0.25) is 0 Å². The Kier molecular flexibility index (Phi) is 5.68. The topological polar surface area (TPSA) is 27.1 Å². The zero-order valence-electron chi connectivity index (χ0n) is 16.6. The molecule has 0 fully saturated rings. The lowest BCUT2D eigenvalue weighted by Crippen LogP contribution is -2.10. The summed E-state index contributed by atoms with van der Waals surface area (Å²) >= 11 is 5.98. The molecule has 4 aromatic rings. The van der Waals surface area contributed by atoms with Crippen molar-refractivity contribution < 1.29 is 4.74 Å². The Bertz CT molecular complexity index is 1160. The quantitative estimate of drug-likeness (QED) is 0.365. The van der Waals surface area contributed by atoms with Crippen molar-refractivity contribution in [2.24, 2.45) is 0 Å². The van der Waals surface area contributed by atoms with E-state index in [1.165, 1.54) is 11.1 Å². The van der Waals surface area contributed by atoms with Crippen LogP contribution in [-0.4, -0.2) is 16.2 Å². The summed E-state index contributed by atoms with van der Waals surface area (Å²) in [7, 11) is 0. The summed E-state index contributed by atoms with van der Waals surface area (Å²) in [6, 6.07) is 22.1. The summed E-state index contributed by atoms with van der Waals surface area (Å²) in [5.41, 5.74) is 5.59. The van der Waals surface area contributed by atoms with Crippen molar-refractivity contribution in [2.45, 2.75) is 20.4 Å². The molecule has 0 unspecified atom stereocenters. The SMILES string of the molecule is Cc1cccc(OCCn2c(/C=C/c3ccc(Cl)cc3)nc3ccccc32)c1C. The number of rotatable bonds is 6. The summed E-state index contributed by atoms with van der Waals surface area (Å²) in [4.78, 5) is 4.80. The van der Waals surface area contributed by atoms with Crippen LogP contribution in [-0.2, 0) is 6.54 Å². The molecule has 3 aromatic carbocycles. The Morgan fingerprint density at radius 3 is 2.55 bits per heavy atom. The molecule has 1 aromatic heterocycles. The standard InChI is InChI=1S/C25H23ClN2O/c1-18-6-5-9-24(19(18)2)29-17-16-28-23-8-4-3-7-22(23)27-25(28)15-12-20-10-13-21(26)14-11-20/h3-15H,16-17H2,1-2H3/b15-12+. The Balaban J connectivity index is 1.58. The van der Waals surface area contributed by atoms with Crippen molar-refractivity contribution in [3.05, 3.63) is 94.3 Å². The van der Waals surface area contributed by atoms with Crippen molar-refractivity contribution in [3.8, 4) is 5.75 Å². The van der Waals surface area contributed by atoms with Crippen molar-refractivity contribution in [3.63, 3.8) is 0 Å². The smallest absolute Gasteiger partial charge is 0.133 e. The van der Waals surface area contributed by atoms with Gasteiger partial charge in [0, 0.05) is 5.02 Å². The average Bonchev–Trinajstić information content (AvgIpc) is 3.08. The van der Waals surface area contributed by atoms with Gasteiger partial charge in [0.25, 0.3) is 0 Å². The third-order valence-electron chi connectivity index (χ3n) is 5.11. The number of fused-ring (bicyclic) bond motifs is 1. The molecule has 29 heavy (non-hydrogen) atoms. The van der Waals surface area contributed by atoms with Crippen LogP contribution in [0.25, 0.3) is 23.2 Å². The van der Waals surface area contributed by atoms with E-state index >= 15 is 0 Å². The van der Waals surface area contributed by atoms with E-state index in [4.69, 9.17) is 21.3 Å². The molecule has 0 bridgehead atoms. The molecule has 1 heterocycles. The predicted molar refractivity (Wildman–Crippen MR) is 122 cm³/mol. The second-order valence-electron chi connectivity index (χ2n) is 7.04. The average molecular weight is 403 g/mol. The van der Waals surface area contributed by atoms with Crippen molar-refractivity contribution in [1.29, 1.82) is 0 Å². The maximum Gasteiger partial charge on any atom is 0.133 e. The predicted octanol–water partition coefficient (Wildman–Crippen LogP) is 6.56. The highest BCUT2D eigenvalue weighted by Gasteiger charge is 2.09. The molecular formula is C25H23ClN2O. The van der Waals surface area contributed by atoms with Crippen molar-refractivity contribution in [2.75, 3.05) is 6.61 Å². The second-order valence-corrected chi connectivity index (χ2v) is 7.48. The van der Waals surface area contributed by atoms with Crippen LogP contribution < -0.4 is 4.74 Å².